The number of nitrogens with zero attached hydrogens (tertiary/aromatic N) is 1. The second kappa shape index (κ2) is 21.7. The first kappa shape index (κ1) is 34.0. The van der Waals surface area contributed by atoms with Gasteiger partial charge in [-0.1, -0.05) is 0 Å². The number of ketones is 2. The van der Waals surface area contributed by atoms with Gasteiger partial charge in [0.1, 0.15) is 0 Å². The average molecular weight is 471 g/mol. The van der Waals surface area contributed by atoms with Crippen molar-refractivity contribution >= 4 is 34.8 Å². The van der Waals surface area contributed by atoms with Crippen LogP contribution in [0.2, 0.25) is 0 Å². The van der Waals surface area contributed by atoms with Gasteiger partial charge >= 0.3 is 16.8 Å². The predicted octanol–water partition coefficient (Wildman–Crippen LogP) is 4.67. The first-order valence-electron chi connectivity index (χ1n) is 8.19. The van der Waals surface area contributed by atoms with Gasteiger partial charge < -0.3 is 20.8 Å². The van der Waals surface area contributed by atoms with Crippen LogP contribution < -0.4 is 0 Å². The molecule has 0 unspecified atom stereocenters. The van der Waals surface area contributed by atoms with Crippen LogP contribution in [0, 0.1) is 0 Å². The summed E-state index contributed by atoms with van der Waals surface area (Å²) in [6.07, 6.45) is 0. The fraction of sp³-hybridized carbons (Fsp3) is 0.667. The molecule has 0 bridgehead atoms. The van der Waals surface area contributed by atoms with Crippen LogP contribution in [-0.2, 0) is 26.4 Å². The fourth-order valence-electron chi connectivity index (χ4n) is 1.24. The van der Waals surface area contributed by atoms with Crippen LogP contribution >= 0.6 is 23.2 Å². The Kier molecular flexibility index (Phi) is 27.3. The van der Waals surface area contributed by atoms with Crippen molar-refractivity contribution in [1.29, 1.82) is 0 Å². The summed E-state index contributed by atoms with van der Waals surface area (Å²) in [5, 5.41) is 17.3. The molecule has 0 aliphatic heterocycles. The van der Waals surface area contributed by atoms with Crippen LogP contribution in [0.15, 0.2) is 22.7 Å². The normalized spacial score (nSPS) is 11.6. The smallest absolute Gasteiger partial charge is 0.676 e. The van der Waals surface area contributed by atoms with Crippen LogP contribution in [0.1, 0.15) is 41.5 Å². The summed E-state index contributed by atoms with van der Waals surface area (Å²) in [6, 6.07) is 0. The Morgan fingerprint density at radius 2 is 1.07 bits per heavy atom. The van der Waals surface area contributed by atoms with Gasteiger partial charge in [-0.25, -0.2) is 0 Å². The van der Waals surface area contributed by atoms with Gasteiger partial charge in [-0.05, 0) is 48.1 Å². The van der Waals surface area contributed by atoms with Crippen molar-refractivity contribution in [2.45, 2.75) is 41.5 Å². The Morgan fingerprint density at radius 1 is 0.778 bits per heavy atom. The van der Waals surface area contributed by atoms with Crippen LogP contribution in [0.3, 0.4) is 0 Å². The van der Waals surface area contributed by atoms with Gasteiger partial charge in [0.05, 0.1) is 11.5 Å². The van der Waals surface area contributed by atoms with Crippen molar-refractivity contribution in [3.05, 3.63) is 28.4 Å². The van der Waals surface area contributed by atoms with E-state index in [9.17, 15) is 9.59 Å². The van der Waals surface area contributed by atoms with E-state index in [1.54, 1.807) is 13.8 Å². The van der Waals surface area contributed by atoms with Crippen LogP contribution in [0.5, 0.6) is 0 Å². The number of aliphatic hydroxyl groups excluding tert-OH is 2. The standard InChI is InChI=1S/C6H13Cl2N2.2C6H10O2.Co/c7-1-4-10(5-2-8)6-3-9;2*1-4(5(2)7)6(3)8;/h9H,1-6H2;2*7H,1-3H3;/q-1;;;+2/b;2*5-4-;. The molecule has 0 fully saturated rings. The van der Waals surface area contributed by atoms with Gasteiger partial charge in [0.25, 0.3) is 0 Å². The molecule has 0 aromatic carbocycles. The van der Waals surface area contributed by atoms with Gasteiger partial charge in [0.15, 0.2) is 11.6 Å². The zero-order chi connectivity index (χ0) is 21.3. The Morgan fingerprint density at radius 3 is 1.19 bits per heavy atom. The van der Waals surface area contributed by atoms with Gasteiger partial charge in [-0.2, -0.15) is 0 Å². The monoisotopic (exact) mass is 470 g/mol. The minimum atomic E-state index is -0.0787. The molecule has 9 heteroatoms. The largest absolute Gasteiger partial charge is 2.00 e. The number of halogens is 2. The number of carbonyl (C=O) groups is 2. The summed E-state index contributed by atoms with van der Waals surface area (Å²) in [5.74, 6) is 1.30. The number of aliphatic hydroxyl groups is 2. The first-order chi connectivity index (χ1) is 12.0. The molecular formula is C18H33Cl2CoN2O4+. The molecule has 0 saturated heterocycles. The molecule has 6 nitrogen and oxygen atoms in total. The number of rotatable bonds is 8. The van der Waals surface area contributed by atoms with E-state index in [0.29, 0.717) is 29.5 Å². The number of Topliss-reactive ketones (excluding diaryl/α,β-unsaturated/α-hetero) is 2. The van der Waals surface area contributed by atoms with Crippen molar-refractivity contribution < 1.29 is 36.6 Å². The first-order valence-corrected chi connectivity index (χ1v) is 9.26. The van der Waals surface area contributed by atoms with E-state index in [4.69, 9.17) is 39.1 Å². The summed E-state index contributed by atoms with van der Waals surface area (Å²) in [6.45, 7) is 11.9. The molecule has 161 valence electrons. The van der Waals surface area contributed by atoms with Crippen molar-refractivity contribution in [1.82, 2.24) is 4.90 Å². The zero-order valence-corrected chi connectivity index (χ0v) is 19.5. The maximum absolute atomic E-state index is 10.4. The molecule has 0 aromatic heterocycles. The summed E-state index contributed by atoms with van der Waals surface area (Å²) in [4.78, 5) is 22.8. The summed E-state index contributed by atoms with van der Waals surface area (Å²) < 4.78 is 0. The third-order valence-electron chi connectivity index (χ3n) is 3.37. The van der Waals surface area contributed by atoms with Crippen molar-refractivity contribution in [2.75, 3.05) is 37.9 Å². The Bertz CT molecular complexity index is 428. The molecule has 1 radical (unpaired) electrons. The average Bonchev–Trinajstić information content (AvgIpc) is 2.54. The van der Waals surface area contributed by atoms with E-state index in [2.05, 4.69) is 4.90 Å². The molecule has 3 N–H and O–H groups in total. The molecule has 0 atom stereocenters. The molecule has 27 heavy (non-hydrogen) atoms. The van der Waals surface area contributed by atoms with Crippen molar-refractivity contribution in [3.8, 4) is 0 Å². The number of carbonyl (C=O) groups excluding carboxylic acids is 2. The minimum absolute atomic E-state index is 0. The fourth-order valence-corrected chi connectivity index (χ4v) is 1.72. The molecule has 0 spiro atoms. The number of hydrogen-bond acceptors (Lipinski definition) is 5. The summed E-state index contributed by atoms with van der Waals surface area (Å²) in [5.41, 5.74) is 7.83. The molecule has 0 amide bonds. The number of hydrogen-bond donors (Lipinski definition) is 2. The Labute approximate surface area is 184 Å². The third kappa shape index (κ3) is 23.4. The van der Waals surface area contributed by atoms with E-state index in [1.165, 1.54) is 27.7 Å². The molecule has 0 saturated carbocycles. The van der Waals surface area contributed by atoms with Gasteiger partial charge in [-0.3, -0.25) is 9.59 Å². The number of allylic oxidation sites excluding steroid dienone is 4. The van der Waals surface area contributed by atoms with Crippen molar-refractivity contribution in [2.24, 2.45) is 0 Å². The van der Waals surface area contributed by atoms with Crippen LogP contribution in [-0.4, -0.2) is 64.6 Å². The molecule has 0 aliphatic carbocycles. The van der Waals surface area contributed by atoms with E-state index in [1.807, 2.05) is 0 Å². The molecule has 0 aliphatic rings. The van der Waals surface area contributed by atoms with Gasteiger partial charge in [-0.15, -0.1) is 29.7 Å². The van der Waals surface area contributed by atoms with E-state index in [0.717, 1.165) is 19.6 Å². The second-order valence-corrected chi connectivity index (χ2v) is 6.26. The number of alkyl halides is 2. The third-order valence-corrected chi connectivity index (χ3v) is 3.71. The molecular weight excluding hydrogens is 438 g/mol. The quantitative estimate of drug-likeness (QED) is 0.304. The van der Waals surface area contributed by atoms with Crippen LogP contribution in [0.4, 0.5) is 0 Å². The van der Waals surface area contributed by atoms with Crippen molar-refractivity contribution in [3.63, 3.8) is 0 Å². The topological polar surface area (TPSA) is 102 Å². The maximum Gasteiger partial charge on any atom is 2.00 e. The SMILES string of the molecule is CC(=O)/C(C)=C(/C)O.CC(=O)/C(C)=C(/C)O.[Co+2].[NH-]CCN(CCCl)CCCl. The maximum atomic E-state index is 10.4. The molecule has 0 rings (SSSR count). The Balaban J connectivity index is -0.000000146. The summed E-state index contributed by atoms with van der Waals surface area (Å²) >= 11 is 11.0. The summed E-state index contributed by atoms with van der Waals surface area (Å²) in [7, 11) is 0. The predicted molar refractivity (Wildman–Crippen MR) is 110 cm³/mol. The van der Waals surface area contributed by atoms with Gasteiger partial charge in [0.2, 0.25) is 0 Å². The van der Waals surface area contributed by atoms with Crippen LogP contribution in [0.25, 0.3) is 5.73 Å². The minimum Gasteiger partial charge on any atom is -0.676 e. The van der Waals surface area contributed by atoms with E-state index < -0.39 is 0 Å². The molecule has 0 aromatic rings. The van der Waals surface area contributed by atoms with E-state index >= 15 is 0 Å². The molecule has 0 heterocycles. The second-order valence-electron chi connectivity index (χ2n) is 5.50. The number of nitrogens with one attached hydrogen (secondary N) is 1. The van der Waals surface area contributed by atoms with E-state index in [-0.39, 0.29) is 39.9 Å². The zero-order valence-electron chi connectivity index (χ0n) is 17.0. The Hall–Kier alpha value is -0.574. The van der Waals surface area contributed by atoms with Gasteiger partial charge in [0, 0.05) is 36.0 Å².